The zero-order chi connectivity index (χ0) is 13.6. The monoisotopic (exact) mass is 265 g/mol. The number of aliphatic hydroxyl groups excluding tert-OH is 2. The summed E-state index contributed by atoms with van der Waals surface area (Å²) in [4.78, 5) is 23.0. The summed E-state index contributed by atoms with van der Waals surface area (Å²) >= 11 is 0. The number of aliphatic hydroxyl groups is 2. The van der Waals surface area contributed by atoms with Crippen molar-refractivity contribution in [3.05, 3.63) is 16.7 Å². The van der Waals surface area contributed by atoms with E-state index in [0.29, 0.717) is 11.9 Å². The number of nitrogens with two attached hydrogens (primary N) is 1. The van der Waals surface area contributed by atoms with Gasteiger partial charge in [-0.15, -0.1) is 0 Å². The predicted octanol–water partition coefficient (Wildman–Crippen LogP) is -1.14. The number of hydrogen-bond donors (Lipinski definition) is 4. The molecule has 5 N–H and O–H groups in total. The molecule has 1 aliphatic rings. The van der Waals surface area contributed by atoms with E-state index >= 15 is 0 Å². The first-order valence-electron chi connectivity index (χ1n) is 6.10. The summed E-state index contributed by atoms with van der Waals surface area (Å²) < 4.78 is 1.38. The van der Waals surface area contributed by atoms with Crippen LogP contribution < -0.4 is 11.3 Å². The third kappa shape index (κ3) is 1.64. The van der Waals surface area contributed by atoms with Gasteiger partial charge in [-0.3, -0.25) is 9.36 Å². The molecule has 2 aromatic rings. The fourth-order valence-corrected chi connectivity index (χ4v) is 2.79. The van der Waals surface area contributed by atoms with Crippen molar-refractivity contribution in [3.63, 3.8) is 0 Å². The average Bonchev–Trinajstić information content (AvgIpc) is 2.81. The van der Waals surface area contributed by atoms with Crippen molar-refractivity contribution in [3.8, 4) is 0 Å². The van der Waals surface area contributed by atoms with Crippen LogP contribution in [0.25, 0.3) is 11.2 Å². The van der Waals surface area contributed by atoms with Gasteiger partial charge in [-0.25, -0.2) is 4.98 Å². The Morgan fingerprint density at radius 1 is 1.47 bits per heavy atom. The molecule has 1 fully saturated rings. The van der Waals surface area contributed by atoms with Crippen molar-refractivity contribution < 1.29 is 10.2 Å². The van der Waals surface area contributed by atoms with Gasteiger partial charge in [-0.05, 0) is 12.3 Å². The topological polar surface area (TPSA) is 130 Å². The zero-order valence-corrected chi connectivity index (χ0v) is 10.2. The molecule has 0 radical (unpaired) electrons. The lowest BCUT2D eigenvalue weighted by atomic mass is 9.70. The average molecular weight is 265 g/mol. The van der Waals surface area contributed by atoms with E-state index in [0.717, 1.165) is 0 Å². The third-order valence-electron chi connectivity index (χ3n) is 3.94. The minimum absolute atomic E-state index is 0.00114. The van der Waals surface area contributed by atoms with E-state index in [1.165, 1.54) is 10.9 Å². The quantitative estimate of drug-likeness (QED) is 0.555. The Hall–Kier alpha value is -1.93. The van der Waals surface area contributed by atoms with E-state index in [4.69, 9.17) is 10.8 Å². The highest BCUT2D eigenvalue weighted by molar-refractivity contribution is 5.69. The highest BCUT2D eigenvalue weighted by Gasteiger charge is 2.42. The summed E-state index contributed by atoms with van der Waals surface area (Å²) in [6, 6.07) is -0.227. The number of hydrogen-bond acceptors (Lipinski definition) is 6. The molecule has 0 aliphatic heterocycles. The molecule has 0 bridgehead atoms. The third-order valence-corrected chi connectivity index (χ3v) is 3.94. The molecule has 102 valence electrons. The normalized spacial score (nSPS) is 26.5. The molecule has 19 heavy (non-hydrogen) atoms. The van der Waals surface area contributed by atoms with E-state index < -0.39 is 0 Å². The maximum atomic E-state index is 12.3. The zero-order valence-electron chi connectivity index (χ0n) is 10.2. The van der Waals surface area contributed by atoms with Gasteiger partial charge < -0.3 is 20.9 Å². The molecule has 2 heterocycles. The molecule has 2 aromatic heterocycles. The van der Waals surface area contributed by atoms with Crippen molar-refractivity contribution in [1.29, 1.82) is 0 Å². The molecular weight excluding hydrogens is 250 g/mol. The number of aromatic amines is 1. The lowest BCUT2D eigenvalue weighted by Crippen LogP contribution is -2.46. The van der Waals surface area contributed by atoms with Gasteiger partial charge in [0.1, 0.15) is 0 Å². The molecule has 0 spiro atoms. The number of nitrogens with zero attached hydrogens (tertiary/aromatic N) is 3. The maximum absolute atomic E-state index is 12.3. The van der Waals surface area contributed by atoms with Gasteiger partial charge in [0, 0.05) is 25.2 Å². The largest absolute Gasteiger partial charge is 0.396 e. The standard InChI is InChI=1S/C11H15N5O3/c12-11-15-9-8(13-4-14-9)10(19)16(11)7-1-5(2-17)6(7)3-18/h4-7,17-18H,1-3H2,(H2,12,15)(H,13,14). The Bertz CT molecular complexity index is 664. The molecule has 0 amide bonds. The number of aromatic nitrogens is 4. The van der Waals surface area contributed by atoms with E-state index in [1.54, 1.807) is 0 Å². The molecule has 1 aliphatic carbocycles. The second kappa shape index (κ2) is 4.32. The SMILES string of the molecule is Nc1nc2nc[nH]c2c(=O)n1C1CC(CO)C1CO. The predicted molar refractivity (Wildman–Crippen MR) is 67.4 cm³/mol. The fourth-order valence-electron chi connectivity index (χ4n) is 2.79. The van der Waals surface area contributed by atoms with E-state index in [-0.39, 0.29) is 48.2 Å². The second-order valence-electron chi connectivity index (χ2n) is 4.84. The van der Waals surface area contributed by atoms with Gasteiger partial charge >= 0.3 is 0 Å². The van der Waals surface area contributed by atoms with Crippen LogP contribution >= 0.6 is 0 Å². The van der Waals surface area contributed by atoms with Crippen LogP contribution in [0.2, 0.25) is 0 Å². The van der Waals surface area contributed by atoms with Crippen LogP contribution in [0.4, 0.5) is 5.95 Å². The minimum Gasteiger partial charge on any atom is -0.396 e. The first-order valence-corrected chi connectivity index (χ1v) is 6.10. The Morgan fingerprint density at radius 2 is 2.26 bits per heavy atom. The van der Waals surface area contributed by atoms with E-state index in [9.17, 15) is 9.90 Å². The van der Waals surface area contributed by atoms with Crippen LogP contribution in [0.5, 0.6) is 0 Å². The summed E-state index contributed by atoms with van der Waals surface area (Å²) in [6.07, 6.45) is 2.00. The number of rotatable bonds is 3. The molecule has 0 saturated heterocycles. The number of nitrogen functional groups attached to an aromatic ring is 1. The van der Waals surface area contributed by atoms with Crippen LogP contribution in [0.3, 0.4) is 0 Å². The lowest BCUT2D eigenvalue weighted by Gasteiger charge is -2.43. The number of fused-ring (bicyclic) bond motifs is 1. The summed E-state index contributed by atoms with van der Waals surface area (Å²) in [5.41, 5.74) is 6.12. The molecule has 3 unspecified atom stereocenters. The Kier molecular flexibility index (Phi) is 2.76. The van der Waals surface area contributed by atoms with E-state index in [1.807, 2.05) is 0 Å². The molecule has 8 heteroatoms. The van der Waals surface area contributed by atoms with Crippen LogP contribution in [0.1, 0.15) is 12.5 Å². The number of nitrogens with one attached hydrogen (secondary N) is 1. The van der Waals surface area contributed by atoms with Crippen LogP contribution in [0, 0.1) is 11.8 Å². The van der Waals surface area contributed by atoms with Crippen LogP contribution in [0.15, 0.2) is 11.1 Å². The molecule has 3 atom stereocenters. The summed E-state index contributed by atoms with van der Waals surface area (Å²) in [7, 11) is 0. The van der Waals surface area contributed by atoms with Gasteiger partial charge in [0.2, 0.25) is 5.95 Å². The fraction of sp³-hybridized carbons (Fsp3) is 0.545. The smallest absolute Gasteiger partial charge is 0.281 e. The lowest BCUT2D eigenvalue weighted by molar-refractivity contribution is -0.00732. The molecule has 1 saturated carbocycles. The van der Waals surface area contributed by atoms with Gasteiger partial charge in [0.15, 0.2) is 11.2 Å². The summed E-state index contributed by atoms with van der Waals surface area (Å²) in [5.74, 6) is -0.0876. The van der Waals surface area contributed by atoms with Gasteiger partial charge in [-0.1, -0.05) is 0 Å². The van der Waals surface area contributed by atoms with Gasteiger partial charge in [0.25, 0.3) is 5.56 Å². The summed E-state index contributed by atoms with van der Waals surface area (Å²) in [5, 5.41) is 18.5. The number of H-pyrrole nitrogens is 1. The number of anilines is 1. The number of imidazole rings is 1. The van der Waals surface area contributed by atoms with E-state index in [2.05, 4.69) is 15.0 Å². The van der Waals surface area contributed by atoms with Gasteiger partial charge in [-0.2, -0.15) is 4.98 Å². The first-order chi connectivity index (χ1) is 9.17. The summed E-state index contributed by atoms with van der Waals surface area (Å²) in [6.45, 7) is -0.0983. The Labute approximate surface area is 107 Å². The van der Waals surface area contributed by atoms with Crippen molar-refractivity contribution >= 4 is 17.1 Å². The molecular formula is C11H15N5O3. The molecule has 0 aromatic carbocycles. The van der Waals surface area contributed by atoms with Crippen molar-refractivity contribution in [2.45, 2.75) is 12.5 Å². The highest BCUT2D eigenvalue weighted by atomic mass is 16.3. The molecule has 3 rings (SSSR count). The highest BCUT2D eigenvalue weighted by Crippen LogP contribution is 2.43. The molecule has 8 nitrogen and oxygen atoms in total. The second-order valence-corrected chi connectivity index (χ2v) is 4.84. The van der Waals surface area contributed by atoms with Crippen LogP contribution in [-0.2, 0) is 0 Å². The Morgan fingerprint density at radius 3 is 2.95 bits per heavy atom. The first kappa shape index (κ1) is 12.1. The van der Waals surface area contributed by atoms with Crippen molar-refractivity contribution in [2.24, 2.45) is 11.8 Å². The van der Waals surface area contributed by atoms with Gasteiger partial charge in [0.05, 0.1) is 6.33 Å². The van der Waals surface area contributed by atoms with Crippen molar-refractivity contribution in [1.82, 2.24) is 19.5 Å². The maximum Gasteiger partial charge on any atom is 0.281 e. The van der Waals surface area contributed by atoms with Crippen LogP contribution in [-0.4, -0.2) is 42.9 Å². The Balaban J connectivity index is 2.08. The van der Waals surface area contributed by atoms with Crippen molar-refractivity contribution in [2.75, 3.05) is 18.9 Å². The minimum atomic E-state index is -0.292.